The zero-order valence-corrected chi connectivity index (χ0v) is 11.4. The third-order valence-electron chi connectivity index (χ3n) is 3.10. The summed E-state index contributed by atoms with van der Waals surface area (Å²) in [7, 11) is 1.49. The molecule has 3 aromatic rings. The lowest BCUT2D eigenvalue weighted by atomic mass is 10.0. The number of carbonyl (C=O) groups excluding carboxylic acids is 1. The predicted molar refractivity (Wildman–Crippen MR) is 80.5 cm³/mol. The van der Waals surface area contributed by atoms with Gasteiger partial charge in [0.05, 0.1) is 25.2 Å². The van der Waals surface area contributed by atoms with Gasteiger partial charge in [0.2, 0.25) is 0 Å². The van der Waals surface area contributed by atoms with Crippen molar-refractivity contribution in [3.8, 4) is 6.01 Å². The molecule has 1 heterocycles. The first kappa shape index (κ1) is 13.1. The molecule has 21 heavy (non-hydrogen) atoms. The van der Waals surface area contributed by atoms with E-state index in [9.17, 15) is 4.79 Å². The molecule has 3 rings (SSSR count). The highest BCUT2D eigenvalue weighted by Crippen LogP contribution is 2.19. The van der Waals surface area contributed by atoms with Crippen LogP contribution in [-0.2, 0) is 0 Å². The Labute approximate surface area is 121 Å². The highest BCUT2D eigenvalue weighted by molar-refractivity contribution is 6.12. The monoisotopic (exact) mass is 279 g/mol. The van der Waals surface area contributed by atoms with Gasteiger partial charge in [0.1, 0.15) is 0 Å². The minimum atomic E-state index is -0.194. The van der Waals surface area contributed by atoms with Crippen LogP contribution in [0, 0.1) is 0 Å². The number of anilines is 1. The quantitative estimate of drug-likeness (QED) is 0.800. The molecule has 5 nitrogen and oxygen atoms in total. The van der Waals surface area contributed by atoms with Gasteiger partial charge in [-0.2, -0.15) is 0 Å². The van der Waals surface area contributed by atoms with E-state index in [1.54, 1.807) is 6.07 Å². The van der Waals surface area contributed by atoms with E-state index in [-0.39, 0.29) is 11.9 Å². The first-order valence-electron chi connectivity index (χ1n) is 6.43. The van der Waals surface area contributed by atoms with Crippen LogP contribution in [0.2, 0.25) is 0 Å². The standard InChI is InChI=1S/C16H13N3O2/c1-21-16-17-9-12(10-18-16)19-15(20)14-8-4-6-11-5-2-3-7-13(11)14/h2-10H,1H3,(H,19,20). The number of hydrogen-bond acceptors (Lipinski definition) is 4. The predicted octanol–water partition coefficient (Wildman–Crippen LogP) is 2.89. The van der Waals surface area contributed by atoms with E-state index in [0.717, 1.165) is 10.8 Å². The fraction of sp³-hybridized carbons (Fsp3) is 0.0625. The third kappa shape index (κ3) is 2.67. The molecule has 0 aliphatic rings. The second kappa shape index (κ2) is 5.58. The number of amides is 1. The topological polar surface area (TPSA) is 64.1 Å². The summed E-state index contributed by atoms with van der Waals surface area (Å²) in [6.45, 7) is 0. The molecule has 0 spiro atoms. The van der Waals surface area contributed by atoms with Crippen molar-refractivity contribution in [3.63, 3.8) is 0 Å². The Balaban J connectivity index is 1.90. The summed E-state index contributed by atoms with van der Waals surface area (Å²) in [6, 6.07) is 13.7. The SMILES string of the molecule is COc1ncc(NC(=O)c2cccc3ccccc23)cn1. The average Bonchev–Trinajstić information content (AvgIpc) is 2.55. The molecule has 104 valence electrons. The van der Waals surface area contributed by atoms with Crippen LogP contribution in [0.5, 0.6) is 6.01 Å². The number of ether oxygens (including phenoxy) is 1. The molecule has 0 bridgehead atoms. The lowest BCUT2D eigenvalue weighted by Gasteiger charge is -2.07. The van der Waals surface area contributed by atoms with Gasteiger partial charge >= 0.3 is 6.01 Å². The molecule has 0 aliphatic heterocycles. The summed E-state index contributed by atoms with van der Waals surface area (Å²) in [5, 5.41) is 4.72. The zero-order valence-electron chi connectivity index (χ0n) is 11.4. The van der Waals surface area contributed by atoms with Crippen molar-refractivity contribution in [3.05, 3.63) is 60.4 Å². The third-order valence-corrected chi connectivity index (χ3v) is 3.10. The van der Waals surface area contributed by atoms with Crippen LogP contribution in [0.1, 0.15) is 10.4 Å². The number of rotatable bonds is 3. The van der Waals surface area contributed by atoms with E-state index < -0.39 is 0 Å². The van der Waals surface area contributed by atoms with Crippen LogP contribution in [0.25, 0.3) is 10.8 Å². The lowest BCUT2D eigenvalue weighted by Crippen LogP contribution is -2.12. The van der Waals surface area contributed by atoms with Crippen molar-refractivity contribution in [2.24, 2.45) is 0 Å². The van der Waals surface area contributed by atoms with Crippen molar-refractivity contribution in [2.75, 3.05) is 12.4 Å². The normalized spacial score (nSPS) is 10.3. The minimum Gasteiger partial charge on any atom is -0.467 e. The Hall–Kier alpha value is -2.95. The van der Waals surface area contributed by atoms with Crippen molar-refractivity contribution in [2.45, 2.75) is 0 Å². The first-order chi connectivity index (χ1) is 10.3. The molecule has 0 atom stereocenters. The molecular weight excluding hydrogens is 266 g/mol. The van der Waals surface area contributed by atoms with Gasteiger partial charge < -0.3 is 10.1 Å². The number of nitrogens with one attached hydrogen (secondary N) is 1. The second-order valence-corrected chi connectivity index (χ2v) is 4.44. The van der Waals surface area contributed by atoms with Crippen LogP contribution in [-0.4, -0.2) is 23.0 Å². The van der Waals surface area contributed by atoms with Crippen LogP contribution in [0.4, 0.5) is 5.69 Å². The van der Waals surface area contributed by atoms with Crippen molar-refractivity contribution in [1.82, 2.24) is 9.97 Å². The number of benzene rings is 2. The van der Waals surface area contributed by atoms with E-state index in [1.807, 2.05) is 36.4 Å². The molecule has 0 unspecified atom stereocenters. The van der Waals surface area contributed by atoms with E-state index in [0.29, 0.717) is 11.3 Å². The fourth-order valence-electron chi connectivity index (χ4n) is 2.11. The number of fused-ring (bicyclic) bond motifs is 1. The van der Waals surface area contributed by atoms with Gasteiger partial charge in [-0.05, 0) is 16.8 Å². The Bertz CT molecular complexity index is 780. The molecule has 0 saturated carbocycles. The Kier molecular flexibility index (Phi) is 3.47. The number of methoxy groups -OCH3 is 1. The van der Waals surface area contributed by atoms with Gasteiger partial charge in [-0.15, -0.1) is 0 Å². The molecule has 1 amide bonds. The van der Waals surface area contributed by atoms with Gasteiger partial charge in [0.15, 0.2) is 0 Å². The van der Waals surface area contributed by atoms with Gasteiger partial charge in [0.25, 0.3) is 5.91 Å². The van der Waals surface area contributed by atoms with Crippen molar-refractivity contribution >= 4 is 22.4 Å². The summed E-state index contributed by atoms with van der Waals surface area (Å²) in [4.78, 5) is 20.3. The molecule has 0 radical (unpaired) electrons. The smallest absolute Gasteiger partial charge is 0.316 e. The molecule has 1 aromatic heterocycles. The van der Waals surface area contributed by atoms with Crippen molar-refractivity contribution < 1.29 is 9.53 Å². The molecule has 2 aromatic carbocycles. The van der Waals surface area contributed by atoms with E-state index in [2.05, 4.69) is 15.3 Å². The van der Waals surface area contributed by atoms with E-state index in [1.165, 1.54) is 19.5 Å². The first-order valence-corrected chi connectivity index (χ1v) is 6.43. The van der Waals surface area contributed by atoms with Crippen molar-refractivity contribution in [1.29, 1.82) is 0 Å². The van der Waals surface area contributed by atoms with Gasteiger partial charge in [-0.1, -0.05) is 36.4 Å². The maximum atomic E-state index is 12.4. The minimum absolute atomic E-state index is 0.194. The van der Waals surface area contributed by atoms with Gasteiger partial charge in [-0.3, -0.25) is 4.79 Å². The summed E-state index contributed by atoms with van der Waals surface area (Å²) < 4.78 is 4.88. The van der Waals surface area contributed by atoms with Crippen LogP contribution in [0.3, 0.4) is 0 Å². The lowest BCUT2D eigenvalue weighted by molar-refractivity contribution is 0.102. The van der Waals surface area contributed by atoms with Gasteiger partial charge in [0, 0.05) is 5.56 Å². The average molecular weight is 279 g/mol. The maximum Gasteiger partial charge on any atom is 0.316 e. The summed E-state index contributed by atoms with van der Waals surface area (Å²) in [6.07, 6.45) is 3.02. The highest BCUT2D eigenvalue weighted by atomic mass is 16.5. The Morgan fingerprint density at radius 2 is 1.76 bits per heavy atom. The Morgan fingerprint density at radius 1 is 1.05 bits per heavy atom. The van der Waals surface area contributed by atoms with Crippen LogP contribution in [0.15, 0.2) is 54.9 Å². The molecule has 0 fully saturated rings. The summed E-state index contributed by atoms with van der Waals surface area (Å²) in [5.41, 5.74) is 1.14. The van der Waals surface area contributed by atoms with Crippen LogP contribution < -0.4 is 10.1 Å². The van der Waals surface area contributed by atoms with E-state index >= 15 is 0 Å². The largest absolute Gasteiger partial charge is 0.467 e. The number of carbonyl (C=O) groups is 1. The molecular formula is C16H13N3O2. The van der Waals surface area contributed by atoms with E-state index in [4.69, 9.17) is 4.74 Å². The number of nitrogens with zero attached hydrogens (tertiary/aromatic N) is 2. The molecule has 5 heteroatoms. The number of aromatic nitrogens is 2. The summed E-state index contributed by atoms with van der Waals surface area (Å²) >= 11 is 0. The fourth-order valence-corrected chi connectivity index (χ4v) is 2.11. The second-order valence-electron chi connectivity index (χ2n) is 4.44. The summed E-state index contributed by atoms with van der Waals surface area (Å²) in [5.74, 6) is -0.194. The molecule has 1 N–H and O–H groups in total. The highest BCUT2D eigenvalue weighted by Gasteiger charge is 2.10. The maximum absolute atomic E-state index is 12.4. The molecule has 0 saturated heterocycles. The molecule has 0 aliphatic carbocycles. The van der Waals surface area contributed by atoms with Gasteiger partial charge in [-0.25, -0.2) is 9.97 Å². The zero-order chi connectivity index (χ0) is 14.7. The Morgan fingerprint density at radius 3 is 2.52 bits per heavy atom. The van der Waals surface area contributed by atoms with Crippen LogP contribution >= 0.6 is 0 Å². The number of hydrogen-bond donors (Lipinski definition) is 1.